The Kier molecular flexibility index (Phi) is 4.71. The highest BCUT2D eigenvalue weighted by atomic mass is 32.1. The lowest BCUT2D eigenvalue weighted by Crippen LogP contribution is -2.40. The monoisotopic (exact) mass is 218 g/mol. The first-order valence-corrected chi connectivity index (χ1v) is 5.52. The van der Waals surface area contributed by atoms with Gasteiger partial charge in [0.2, 0.25) is 0 Å². The second-order valence-corrected chi connectivity index (χ2v) is 4.09. The van der Waals surface area contributed by atoms with Crippen LogP contribution in [0.5, 0.6) is 0 Å². The van der Waals surface area contributed by atoms with Crippen LogP contribution < -0.4 is 5.73 Å². The van der Waals surface area contributed by atoms with Gasteiger partial charge in [-0.3, -0.25) is 4.79 Å². The Balaban J connectivity index is 2.27. The maximum absolute atomic E-state index is 11.3. The number of rotatable bonds is 3. The maximum atomic E-state index is 11.3. The van der Waals surface area contributed by atoms with Crippen LogP contribution in [0.3, 0.4) is 0 Å². The first kappa shape index (κ1) is 11.8. The van der Waals surface area contributed by atoms with Crippen molar-refractivity contribution in [2.24, 2.45) is 5.73 Å². The lowest BCUT2D eigenvalue weighted by atomic mass is 10.1. The number of thiol groups is 1. The van der Waals surface area contributed by atoms with E-state index in [1.54, 1.807) is 0 Å². The van der Waals surface area contributed by atoms with Crippen molar-refractivity contribution in [2.75, 3.05) is 25.9 Å². The fraction of sp³-hybridized carbons (Fsp3) is 0.889. The Morgan fingerprint density at radius 1 is 1.64 bits per heavy atom. The van der Waals surface area contributed by atoms with Gasteiger partial charge >= 0.3 is 5.97 Å². The van der Waals surface area contributed by atoms with Crippen LogP contribution in [0, 0.1) is 0 Å². The Morgan fingerprint density at radius 3 is 2.71 bits per heavy atom. The van der Waals surface area contributed by atoms with Gasteiger partial charge in [0.05, 0.1) is 0 Å². The van der Waals surface area contributed by atoms with E-state index >= 15 is 0 Å². The van der Waals surface area contributed by atoms with Gasteiger partial charge in [0.1, 0.15) is 12.1 Å². The minimum atomic E-state index is -0.585. The number of nitrogens with two attached hydrogens (primary N) is 1. The molecule has 0 aromatic heterocycles. The SMILES string of the molecule is CN1CCC(OC(=O)[C@@H](N)CS)CC1. The van der Waals surface area contributed by atoms with Crippen molar-refractivity contribution in [3.05, 3.63) is 0 Å². The number of ether oxygens (including phenoxy) is 1. The Morgan fingerprint density at radius 2 is 2.21 bits per heavy atom. The lowest BCUT2D eigenvalue weighted by Gasteiger charge is -2.29. The molecule has 1 fully saturated rings. The van der Waals surface area contributed by atoms with Crippen LogP contribution in [0.4, 0.5) is 0 Å². The standard InChI is InChI=1S/C9H18N2O2S/c1-11-4-2-7(3-5-11)13-9(12)8(10)6-14/h7-8,14H,2-6,10H2,1H3/t8-/m0/s1. The molecule has 0 radical (unpaired) electrons. The van der Waals surface area contributed by atoms with Gasteiger partial charge in [-0.25, -0.2) is 0 Å². The molecule has 1 rings (SSSR count). The van der Waals surface area contributed by atoms with Crippen LogP contribution >= 0.6 is 12.6 Å². The third-order valence-corrected chi connectivity index (χ3v) is 2.84. The summed E-state index contributed by atoms with van der Waals surface area (Å²) in [5.41, 5.74) is 5.50. The Bertz CT molecular complexity index is 193. The van der Waals surface area contributed by atoms with Crippen molar-refractivity contribution in [1.82, 2.24) is 4.90 Å². The molecule has 14 heavy (non-hydrogen) atoms. The highest BCUT2D eigenvalue weighted by Crippen LogP contribution is 2.12. The number of carbonyl (C=O) groups excluding carboxylic acids is 1. The van der Waals surface area contributed by atoms with Gasteiger partial charge in [-0.1, -0.05) is 0 Å². The third-order valence-electron chi connectivity index (χ3n) is 2.45. The van der Waals surface area contributed by atoms with Gasteiger partial charge in [0, 0.05) is 18.8 Å². The summed E-state index contributed by atoms with van der Waals surface area (Å²) in [7, 11) is 2.07. The summed E-state index contributed by atoms with van der Waals surface area (Å²) in [6, 6.07) is -0.585. The second kappa shape index (κ2) is 5.58. The summed E-state index contributed by atoms with van der Waals surface area (Å²) in [5.74, 6) is 0.0143. The molecule has 0 spiro atoms. The van der Waals surface area contributed by atoms with Gasteiger partial charge in [0.25, 0.3) is 0 Å². The molecule has 0 saturated carbocycles. The van der Waals surface area contributed by atoms with Gasteiger partial charge in [-0.05, 0) is 19.9 Å². The van der Waals surface area contributed by atoms with E-state index in [1.807, 2.05) is 0 Å². The number of hydrogen-bond acceptors (Lipinski definition) is 5. The molecule has 0 unspecified atom stereocenters. The van der Waals surface area contributed by atoms with E-state index < -0.39 is 6.04 Å². The molecule has 5 heteroatoms. The number of carbonyl (C=O) groups is 1. The van der Waals surface area contributed by atoms with E-state index in [1.165, 1.54) is 0 Å². The van der Waals surface area contributed by atoms with Crippen molar-refractivity contribution >= 4 is 18.6 Å². The fourth-order valence-corrected chi connectivity index (χ4v) is 1.58. The van der Waals surface area contributed by atoms with E-state index in [0.717, 1.165) is 25.9 Å². The molecule has 0 amide bonds. The minimum absolute atomic E-state index is 0.0460. The highest BCUT2D eigenvalue weighted by Gasteiger charge is 2.22. The van der Waals surface area contributed by atoms with Crippen LogP contribution in [0.1, 0.15) is 12.8 Å². The van der Waals surface area contributed by atoms with Gasteiger partial charge in [0.15, 0.2) is 0 Å². The van der Waals surface area contributed by atoms with Crippen LogP contribution in [0.25, 0.3) is 0 Å². The van der Waals surface area contributed by atoms with E-state index in [2.05, 4.69) is 24.6 Å². The van der Waals surface area contributed by atoms with Crippen LogP contribution in [-0.4, -0.2) is 48.9 Å². The zero-order valence-corrected chi connectivity index (χ0v) is 9.37. The molecular formula is C9H18N2O2S. The zero-order chi connectivity index (χ0) is 10.6. The topological polar surface area (TPSA) is 55.6 Å². The van der Waals surface area contributed by atoms with Crippen molar-refractivity contribution in [1.29, 1.82) is 0 Å². The third kappa shape index (κ3) is 3.48. The largest absolute Gasteiger partial charge is 0.461 e. The molecule has 82 valence electrons. The average molecular weight is 218 g/mol. The number of piperidine rings is 1. The first-order chi connectivity index (χ1) is 6.63. The first-order valence-electron chi connectivity index (χ1n) is 4.89. The van der Waals surface area contributed by atoms with E-state index in [-0.39, 0.29) is 12.1 Å². The summed E-state index contributed by atoms with van der Waals surface area (Å²) < 4.78 is 5.25. The highest BCUT2D eigenvalue weighted by molar-refractivity contribution is 7.80. The predicted molar refractivity (Wildman–Crippen MR) is 58.4 cm³/mol. The fourth-order valence-electron chi connectivity index (χ4n) is 1.43. The van der Waals surface area contributed by atoms with Crippen LogP contribution in [0.2, 0.25) is 0 Å². The van der Waals surface area contributed by atoms with Gasteiger partial charge in [-0.2, -0.15) is 12.6 Å². The van der Waals surface area contributed by atoms with Crippen LogP contribution in [0.15, 0.2) is 0 Å². The van der Waals surface area contributed by atoms with E-state index in [0.29, 0.717) is 5.75 Å². The normalized spacial score (nSPS) is 21.9. The van der Waals surface area contributed by atoms with Crippen molar-refractivity contribution in [3.8, 4) is 0 Å². The van der Waals surface area contributed by atoms with E-state index in [4.69, 9.17) is 10.5 Å². The molecular weight excluding hydrogens is 200 g/mol. The molecule has 0 aromatic rings. The van der Waals surface area contributed by atoms with E-state index in [9.17, 15) is 4.79 Å². The summed E-state index contributed by atoms with van der Waals surface area (Å²) in [5, 5.41) is 0. The predicted octanol–water partition coefficient (Wildman–Crippen LogP) is -0.119. The van der Waals surface area contributed by atoms with Crippen LogP contribution in [-0.2, 0) is 9.53 Å². The Labute approximate surface area is 90.2 Å². The van der Waals surface area contributed by atoms with Crippen molar-refractivity contribution in [2.45, 2.75) is 25.0 Å². The van der Waals surface area contributed by atoms with Gasteiger partial charge < -0.3 is 15.4 Å². The molecule has 1 aliphatic rings. The molecule has 1 atom stereocenters. The second-order valence-electron chi connectivity index (χ2n) is 3.73. The number of hydrogen-bond donors (Lipinski definition) is 2. The molecule has 1 heterocycles. The Hall–Kier alpha value is -0.260. The maximum Gasteiger partial charge on any atom is 0.324 e. The molecule has 2 N–H and O–H groups in total. The smallest absolute Gasteiger partial charge is 0.324 e. The minimum Gasteiger partial charge on any atom is -0.461 e. The molecule has 0 aliphatic carbocycles. The molecule has 4 nitrogen and oxygen atoms in total. The zero-order valence-electron chi connectivity index (χ0n) is 8.48. The quantitative estimate of drug-likeness (QED) is 0.512. The van der Waals surface area contributed by atoms with Gasteiger partial charge in [-0.15, -0.1) is 0 Å². The number of esters is 1. The molecule has 0 aromatic carbocycles. The summed E-state index contributed by atoms with van der Waals surface area (Å²) in [6.45, 7) is 1.96. The molecule has 1 aliphatic heterocycles. The number of likely N-dealkylation sites (tertiary alicyclic amines) is 1. The lowest BCUT2D eigenvalue weighted by molar-refractivity contribution is -0.152. The number of nitrogens with zero attached hydrogens (tertiary/aromatic N) is 1. The summed E-state index contributed by atoms with van der Waals surface area (Å²) in [6.07, 6.45) is 1.85. The summed E-state index contributed by atoms with van der Waals surface area (Å²) in [4.78, 5) is 13.5. The summed E-state index contributed by atoms with van der Waals surface area (Å²) >= 11 is 3.95. The van der Waals surface area contributed by atoms with Crippen molar-refractivity contribution in [3.63, 3.8) is 0 Å². The molecule has 1 saturated heterocycles. The van der Waals surface area contributed by atoms with Crippen molar-refractivity contribution < 1.29 is 9.53 Å². The average Bonchev–Trinajstić information content (AvgIpc) is 2.20. The molecule has 0 bridgehead atoms.